The van der Waals surface area contributed by atoms with Gasteiger partial charge in [-0.05, 0) is 5.92 Å². The van der Waals surface area contributed by atoms with Crippen LogP contribution in [0.1, 0.15) is 19.7 Å². The van der Waals surface area contributed by atoms with E-state index in [0.717, 1.165) is 5.82 Å². The lowest BCUT2D eigenvalue weighted by molar-refractivity contribution is 0.146. The summed E-state index contributed by atoms with van der Waals surface area (Å²) < 4.78 is 5.13. The molecule has 2 N–H and O–H groups in total. The van der Waals surface area contributed by atoms with Gasteiger partial charge in [0.2, 0.25) is 0 Å². The molecule has 1 rings (SSSR count). The van der Waals surface area contributed by atoms with Gasteiger partial charge in [0.1, 0.15) is 12.2 Å². The second-order valence-electron chi connectivity index (χ2n) is 3.62. The Labute approximate surface area is 84.3 Å². The number of rotatable bonds is 6. The fraction of sp³-hybridized carbons (Fsp3) is 0.778. The SMILES string of the molecule is COCC(NCc1ncn[nH]1)C(C)C. The van der Waals surface area contributed by atoms with Gasteiger partial charge in [-0.25, -0.2) is 4.98 Å². The molecule has 0 aromatic carbocycles. The van der Waals surface area contributed by atoms with Crippen molar-refractivity contribution in [2.75, 3.05) is 13.7 Å². The summed E-state index contributed by atoms with van der Waals surface area (Å²) in [5, 5.41) is 9.96. The molecule has 0 aliphatic rings. The van der Waals surface area contributed by atoms with Crippen molar-refractivity contribution >= 4 is 0 Å². The molecule has 0 spiro atoms. The number of methoxy groups -OCH3 is 1. The molecule has 0 amide bonds. The first-order valence-corrected chi connectivity index (χ1v) is 4.80. The summed E-state index contributed by atoms with van der Waals surface area (Å²) in [5.74, 6) is 1.39. The molecule has 1 unspecified atom stereocenters. The highest BCUT2D eigenvalue weighted by Gasteiger charge is 2.12. The smallest absolute Gasteiger partial charge is 0.138 e. The Bertz CT molecular complexity index is 235. The standard InChI is InChI=1S/C9H18N4O/c1-7(2)8(5-14-3)10-4-9-11-6-12-13-9/h6-8,10H,4-5H2,1-3H3,(H,11,12,13). The minimum Gasteiger partial charge on any atom is -0.383 e. The molecule has 0 bridgehead atoms. The Morgan fingerprint density at radius 1 is 1.57 bits per heavy atom. The van der Waals surface area contributed by atoms with Crippen LogP contribution in [0.25, 0.3) is 0 Å². The first-order valence-electron chi connectivity index (χ1n) is 4.80. The lowest BCUT2D eigenvalue weighted by atomic mass is 10.1. The van der Waals surface area contributed by atoms with Gasteiger partial charge in [0.05, 0.1) is 13.2 Å². The fourth-order valence-electron chi connectivity index (χ4n) is 1.21. The Balaban J connectivity index is 2.33. The summed E-state index contributed by atoms with van der Waals surface area (Å²) in [5.41, 5.74) is 0. The maximum atomic E-state index is 5.13. The molecular weight excluding hydrogens is 180 g/mol. The Hall–Kier alpha value is -0.940. The number of nitrogens with one attached hydrogen (secondary N) is 2. The number of nitrogens with zero attached hydrogens (tertiary/aromatic N) is 2. The highest BCUT2D eigenvalue weighted by atomic mass is 16.5. The van der Waals surface area contributed by atoms with E-state index in [2.05, 4.69) is 34.3 Å². The monoisotopic (exact) mass is 198 g/mol. The van der Waals surface area contributed by atoms with Crippen molar-refractivity contribution in [1.82, 2.24) is 20.5 Å². The van der Waals surface area contributed by atoms with E-state index in [4.69, 9.17) is 4.74 Å². The predicted molar refractivity (Wildman–Crippen MR) is 53.7 cm³/mol. The van der Waals surface area contributed by atoms with Crippen molar-refractivity contribution in [2.24, 2.45) is 5.92 Å². The molecule has 0 saturated carbocycles. The van der Waals surface area contributed by atoms with E-state index in [1.807, 2.05) is 0 Å². The third-order valence-corrected chi connectivity index (χ3v) is 2.15. The van der Waals surface area contributed by atoms with E-state index >= 15 is 0 Å². The van der Waals surface area contributed by atoms with Gasteiger partial charge in [-0.1, -0.05) is 13.8 Å². The highest BCUT2D eigenvalue weighted by molar-refractivity contribution is 4.81. The summed E-state index contributed by atoms with van der Waals surface area (Å²) in [6, 6.07) is 0.352. The van der Waals surface area contributed by atoms with E-state index in [0.29, 0.717) is 25.1 Å². The van der Waals surface area contributed by atoms with Gasteiger partial charge in [0.25, 0.3) is 0 Å². The van der Waals surface area contributed by atoms with E-state index in [1.165, 1.54) is 6.33 Å². The van der Waals surface area contributed by atoms with Gasteiger partial charge in [0.15, 0.2) is 0 Å². The molecule has 0 aliphatic heterocycles. The molecule has 5 heteroatoms. The second kappa shape index (κ2) is 5.72. The lowest BCUT2D eigenvalue weighted by Crippen LogP contribution is -2.37. The third kappa shape index (κ3) is 3.43. The van der Waals surface area contributed by atoms with Crippen LogP contribution in [0.3, 0.4) is 0 Å². The second-order valence-corrected chi connectivity index (χ2v) is 3.62. The van der Waals surface area contributed by atoms with Crippen LogP contribution < -0.4 is 5.32 Å². The Morgan fingerprint density at radius 2 is 2.36 bits per heavy atom. The molecule has 0 radical (unpaired) electrons. The van der Waals surface area contributed by atoms with Gasteiger partial charge in [0, 0.05) is 13.2 Å². The van der Waals surface area contributed by atoms with E-state index in [1.54, 1.807) is 7.11 Å². The van der Waals surface area contributed by atoms with E-state index < -0.39 is 0 Å². The van der Waals surface area contributed by atoms with Gasteiger partial charge < -0.3 is 10.1 Å². The first-order chi connectivity index (χ1) is 6.74. The largest absolute Gasteiger partial charge is 0.383 e. The molecular formula is C9H18N4O. The fourth-order valence-corrected chi connectivity index (χ4v) is 1.21. The van der Waals surface area contributed by atoms with Crippen molar-refractivity contribution in [3.8, 4) is 0 Å². The maximum absolute atomic E-state index is 5.13. The number of hydrogen-bond donors (Lipinski definition) is 2. The van der Waals surface area contributed by atoms with Crippen LogP contribution in [0.15, 0.2) is 6.33 Å². The number of ether oxygens (including phenoxy) is 1. The normalized spacial score (nSPS) is 13.4. The van der Waals surface area contributed by atoms with Crippen LogP contribution in [-0.4, -0.2) is 34.9 Å². The molecule has 1 aromatic heterocycles. The van der Waals surface area contributed by atoms with E-state index in [-0.39, 0.29) is 0 Å². The molecule has 0 saturated heterocycles. The zero-order valence-corrected chi connectivity index (χ0v) is 8.95. The highest BCUT2D eigenvalue weighted by Crippen LogP contribution is 2.02. The van der Waals surface area contributed by atoms with Gasteiger partial charge in [-0.3, -0.25) is 5.10 Å². The Kier molecular flexibility index (Phi) is 4.55. The predicted octanol–water partition coefficient (Wildman–Crippen LogP) is 0.565. The average Bonchev–Trinajstić information content (AvgIpc) is 2.64. The van der Waals surface area contributed by atoms with Gasteiger partial charge in [-0.2, -0.15) is 5.10 Å². The zero-order chi connectivity index (χ0) is 10.4. The van der Waals surface area contributed by atoms with Crippen LogP contribution >= 0.6 is 0 Å². The molecule has 1 atom stereocenters. The van der Waals surface area contributed by atoms with Crippen LogP contribution in [0.5, 0.6) is 0 Å². The van der Waals surface area contributed by atoms with Crippen molar-refractivity contribution in [3.05, 3.63) is 12.2 Å². The Morgan fingerprint density at radius 3 is 2.86 bits per heavy atom. The first kappa shape index (κ1) is 11.1. The molecule has 5 nitrogen and oxygen atoms in total. The quantitative estimate of drug-likeness (QED) is 0.701. The number of aromatic amines is 1. The minimum absolute atomic E-state index is 0.352. The minimum atomic E-state index is 0.352. The third-order valence-electron chi connectivity index (χ3n) is 2.15. The summed E-state index contributed by atoms with van der Waals surface area (Å²) in [6.45, 7) is 5.74. The zero-order valence-electron chi connectivity index (χ0n) is 8.95. The van der Waals surface area contributed by atoms with Crippen LogP contribution in [0.2, 0.25) is 0 Å². The molecule has 0 aliphatic carbocycles. The topological polar surface area (TPSA) is 62.8 Å². The average molecular weight is 198 g/mol. The van der Waals surface area contributed by atoms with Crippen molar-refractivity contribution in [2.45, 2.75) is 26.4 Å². The molecule has 14 heavy (non-hydrogen) atoms. The number of aromatic nitrogens is 3. The van der Waals surface area contributed by atoms with Crippen LogP contribution in [0, 0.1) is 5.92 Å². The van der Waals surface area contributed by atoms with Crippen molar-refractivity contribution in [1.29, 1.82) is 0 Å². The summed E-state index contributed by atoms with van der Waals surface area (Å²) in [4.78, 5) is 4.04. The summed E-state index contributed by atoms with van der Waals surface area (Å²) >= 11 is 0. The number of hydrogen-bond acceptors (Lipinski definition) is 4. The van der Waals surface area contributed by atoms with Crippen molar-refractivity contribution < 1.29 is 4.74 Å². The molecule has 0 fully saturated rings. The van der Waals surface area contributed by atoms with E-state index in [9.17, 15) is 0 Å². The molecule has 1 aromatic rings. The summed E-state index contributed by atoms with van der Waals surface area (Å²) in [6.07, 6.45) is 1.51. The molecule has 80 valence electrons. The van der Waals surface area contributed by atoms with Gasteiger partial charge in [-0.15, -0.1) is 0 Å². The van der Waals surface area contributed by atoms with Gasteiger partial charge >= 0.3 is 0 Å². The number of H-pyrrole nitrogens is 1. The van der Waals surface area contributed by atoms with Crippen LogP contribution in [0.4, 0.5) is 0 Å². The lowest BCUT2D eigenvalue weighted by Gasteiger charge is -2.20. The van der Waals surface area contributed by atoms with Crippen molar-refractivity contribution in [3.63, 3.8) is 0 Å². The summed E-state index contributed by atoms with van der Waals surface area (Å²) in [7, 11) is 1.71. The molecule has 1 heterocycles. The maximum Gasteiger partial charge on any atom is 0.138 e. The van der Waals surface area contributed by atoms with Crippen LogP contribution in [-0.2, 0) is 11.3 Å².